The second kappa shape index (κ2) is 10.2. The van der Waals surface area contributed by atoms with E-state index in [0.29, 0.717) is 36.1 Å². The van der Waals surface area contributed by atoms with Gasteiger partial charge in [-0.15, -0.1) is 0 Å². The standard InChI is InChI=1S/C25H26FN5O3/c1-3-17-12-19(26)10-15(2)22(17)31-21(24(32)33)11-16-4-6-18(7-5-16)23-30-20(14-34-23)13-29-25-27-8-9-28-25/h4-10,12,14,21,31H,3,11,13H2,1-2H3,(H,32,33)(H2,27,28,29). The van der Waals surface area contributed by atoms with Crippen LogP contribution in [0.15, 0.2) is 59.5 Å². The van der Waals surface area contributed by atoms with E-state index in [2.05, 4.69) is 25.6 Å². The summed E-state index contributed by atoms with van der Waals surface area (Å²) in [6.45, 7) is 4.14. The molecule has 2 aromatic heterocycles. The van der Waals surface area contributed by atoms with Crippen LogP contribution in [0, 0.1) is 12.7 Å². The molecule has 0 amide bonds. The quantitative estimate of drug-likeness (QED) is 0.267. The van der Waals surface area contributed by atoms with Crippen molar-refractivity contribution in [1.82, 2.24) is 15.0 Å². The van der Waals surface area contributed by atoms with Crippen molar-refractivity contribution >= 4 is 17.6 Å². The largest absolute Gasteiger partial charge is 0.480 e. The Bertz CT molecular complexity index is 1250. The van der Waals surface area contributed by atoms with Crippen LogP contribution in [0.1, 0.15) is 29.3 Å². The number of anilines is 2. The first-order valence-corrected chi connectivity index (χ1v) is 11.0. The van der Waals surface area contributed by atoms with E-state index in [1.807, 2.05) is 31.2 Å². The number of carbonyl (C=O) groups is 1. The number of aryl methyl sites for hydroxylation is 2. The third-order valence-corrected chi connectivity index (χ3v) is 5.51. The van der Waals surface area contributed by atoms with Crippen molar-refractivity contribution in [1.29, 1.82) is 0 Å². The summed E-state index contributed by atoms with van der Waals surface area (Å²) in [6.07, 6.45) is 5.83. The van der Waals surface area contributed by atoms with Crippen LogP contribution < -0.4 is 10.6 Å². The Balaban J connectivity index is 1.43. The predicted octanol–water partition coefficient (Wildman–Crippen LogP) is 4.79. The average Bonchev–Trinajstić information content (AvgIpc) is 3.51. The molecule has 0 aliphatic heterocycles. The number of rotatable bonds is 10. The summed E-state index contributed by atoms with van der Waals surface area (Å²) >= 11 is 0. The second-order valence-electron chi connectivity index (χ2n) is 7.98. The van der Waals surface area contributed by atoms with Crippen molar-refractivity contribution < 1.29 is 18.7 Å². The molecule has 176 valence electrons. The van der Waals surface area contributed by atoms with E-state index >= 15 is 0 Å². The van der Waals surface area contributed by atoms with Gasteiger partial charge in [-0.1, -0.05) is 19.1 Å². The van der Waals surface area contributed by atoms with Gasteiger partial charge in [0, 0.05) is 30.1 Å². The van der Waals surface area contributed by atoms with Crippen molar-refractivity contribution in [2.24, 2.45) is 0 Å². The first-order chi connectivity index (χ1) is 16.4. The number of aromatic amines is 1. The molecule has 0 saturated carbocycles. The first-order valence-electron chi connectivity index (χ1n) is 11.0. The fraction of sp³-hybridized carbons (Fsp3) is 0.240. The highest BCUT2D eigenvalue weighted by Gasteiger charge is 2.20. The van der Waals surface area contributed by atoms with E-state index in [-0.39, 0.29) is 12.2 Å². The van der Waals surface area contributed by atoms with Gasteiger partial charge in [0.1, 0.15) is 18.1 Å². The number of nitrogens with zero attached hydrogens (tertiary/aromatic N) is 2. The van der Waals surface area contributed by atoms with Gasteiger partial charge in [0.05, 0.1) is 12.2 Å². The first kappa shape index (κ1) is 23.0. The molecule has 0 spiro atoms. The zero-order chi connectivity index (χ0) is 24.1. The number of oxazole rings is 1. The van der Waals surface area contributed by atoms with Gasteiger partial charge in [0.2, 0.25) is 5.89 Å². The van der Waals surface area contributed by atoms with Crippen molar-refractivity contribution in [2.45, 2.75) is 39.3 Å². The number of aliphatic carboxylic acids is 1. The minimum Gasteiger partial charge on any atom is -0.480 e. The van der Waals surface area contributed by atoms with Gasteiger partial charge in [-0.3, -0.25) is 0 Å². The molecule has 2 aromatic carbocycles. The predicted molar refractivity (Wildman–Crippen MR) is 127 cm³/mol. The van der Waals surface area contributed by atoms with Gasteiger partial charge in [0.15, 0.2) is 5.95 Å². The minimum absolute atomic E-state index is 0.263. The molecule has 0 fully saturated rings. The molecule has 4 aromatic rings. The third kappa shape index (κ3) is 5.43. The lowest BCUT2D eigenvalue weighted by atomic mass is 10.0. The maximum atomic E-state index is 13.8. The molecule has 8 nitrogen and oxygen atoms in total. The average molecular weight is 464 g/mol. The summed E-state index contributed by atoms with van der Waals surface area (Å²) in [4.78, 5) is 23.5. The number of imidazole rings is 1. The summed E-state index contributed by atoms with van der Waals surface area (Å²) in [5.74, 6) is -0.173. The lowest BCUT2D eigenvalue weighted by molar-refractivity contribution is -0.137. The molecule has 0 aliphatic rings. The maximum absolute atomic E-state index is 13.8. The number of aromatic nitrogens is 3. The Hall–Kier alpha value is -4.14. The summed E-state index contributed by atoms with van der Waals surface area (Å²) in [5, 5.41) is 16.0. The molecular formula is C25H26FN5O3. The number of benzene rings is 2. The number of carboxylic acids is 1. The number of halogens is 1. The van der Waals surface area contributed by atoms with E-state index in [1.165, 1.54) is 12.1 Å². The summed E-state index contributed by atoms with van der Waals surface area (Å²) < 4.78 is 19.3. The molecular weight excluding hydrogens is 437 g/mol. The van der Waals surface area contributed by atoms with Gasteiger partial charge >= 0.3 is 5.97 Å². The number of hydrogen-bond acceptors (Lipinski definition) is 6. The fourth-order valence-corrected chi connectivity index (χ4v) is 3.75. The van der Waals surface area contributed by atoms with E-state index in [9.17, 15) is 14.3 Å². The van der Waals surface area contributed by atoms with Gasteiger partial charge in [-0.05, 0) is 54.3 Å². The lowest BCUT2D eigenvalue weighted by Gasteiger charge is -2.20. The molecule has 34 heavy (non-hydrogen) atoms. The Morgan fingerprint density at radius 1 is 1.26 bits per heavy atom. The molecule has 2 heterocycles. The van der Waals surface area contributed by atoms with E-state index in [4.69, 9.17) is 4.42 Å². The van der Waals surface area contributed by atoms with Crippen LogP contribution >= 0.6 is 0 Å². The molecule has 1 unspecified atom stereocenters. The fourth-order valence-electron chi connectivity index (χ4n) is 3.75. The van der Waals surface area contributed by atoms with Crippen LogP contribution in [-0.2, 0) is 24.2 Å². The summed E-state index contributed by atoms with van der Waals surface area (Å²) in [7, 11) is 0. The molecule has 0 aliphatic carbocycles. The highest BCUT2D eigenvalue weighted by molar-refractivity contribution is 5.79. The number of carboxylic acid groups (broad SMARTS) is 1. The van der Waals surface area contributed by atoms with E-state index in [1.54, 1.807) is 25.6 Å². The molecule has 0 saturated heterocycles. The van der Waals surface area contributed by atoms with Crippen molar-refractivity contribution in [2.75, 3.05) is 10.6 Å². The number of H-pyrrole nitrogens is 1. The van der Waals surface area contributed by atoms with Crippen LogP contribution in [-0.4, -0.2) is 32.1 Å². The Morgan fingerprint density at radius 2 is 2.06 bits per heavy atom. The Morgan fingerprint density at radius 3 is 2.74 bits per heavy atom. The number of hydrogen-bond donors (Lipinski definition) is 4. The van der Waals surface area contributed by atoms with Gasteiger partial charge in [-0.2, -0.15) is 0 Å². The molecule has 9 heteroatoms. The van der Waals surface area contributed by atoms with Crippen molar-refractivity contribution in [3.05, 3.63) is 83.3 Å². The SMILES string of the molecule is CCc1cc(F)cc(C)c1NC(Cc1ccc(-c2nc(CNc3ncc[nH]3)co2)cc1)C(=O)O. The summed E-state index contributed by atoms with van der Waals surface area (Å²) in [6, 6.07) is 9.41. The highest BCUT2D eigenvalue weighted by Crippen LogP contribution is 2.25. The van der Waals surface area contributed by atoms with Crippen molar-refractivity contribution in [3.8, 4) is 11.5 Å². The minimum atomic E-state index is -0.976. The zero-order valence-corrected chi connectivity index (χ0v) is 18.9. The topological polar surface area (TPSA) is 116 Å². The van der Waals surface area contributed by atoms with E-state index < -0.39 is 12.0 Å². The molecule has 4 N–H and O–H groups in total. The lowest BCUT2D eigenvalue weighted by Crippen LogP contribution is -2.32. The van der Waals surface area contributed by atoms with Crippen LogP contribution in [0.25, 0.3) is 11.5 Å². The molecule has 1 atom stereocenters. The Kier molecular flexibility index (Phi) is 6.91. The molecule has 0 bridgehead atoms. The second-order valence-corrected chi connectivity index (χ2v) is 7.98. The van der Waals surface area contributed by atoms with E-state index in [0.717, 1.165) is 22.4 Å². The maximum Gasteiger partial charge on any atom is 0.326 e. The van der Waals surface area contributed by atoms with Crippen LogP contribution in [0.4, 0.5) is 16.0 Å². The van der Waals surface area contributed by atoms with Crippen LogP contribution in [0.3, 0.4) is 0 Å². The normalized spacial score (nSPS) is 11.9. The summed E-state index contributed by atoms with van der Waals surface area (Å²) in [5.41, 5.74) is 4.46. The smallest absolute Gasteiger partial charge is 0.326 e. The van der Waals surface area contributed by atoms with Crippen LogP contribution in [0.2, 0.25) is 0 Å². The molecule has 4 rings (SSSR count). The third-order valence-electron chi connectivity index (χ3n) is 5.51. The molecule has 0 radical (unpaired) electrons. The zero-order valence-electron chi connectivity index (χ0n) is 18.9. The highest BCUT2D eigenvalue weighted by atomic mass is 19.1. The van der Waals surface area contributed by atoms with Gasteiger partial charge in [-0.25, -0.2) is 19.2 Å². The van der Waals surface area contributed by atoms with Gasteiger partial charge < -0.3 is 25.1 Å². The van der Waals surface area contributed by atoms with Crippen LogP contribution in [0.5, 0.6) is 0 Å². The number of nitrogens with one attached hydrogen (secondary N) is 3. The van der Waals surface area contributed by atoms with Gasteiger partial charge in [0.25, 0.3) is 0 Å². The Labute approximate surface area is 196 Å². The monoisotopic (exact) mass is 463 g/mol. The van der Waals surface area contributed by atoms with Crippen molar-refractivity contribution in [3.63, 3.8) is 0 Å².